The third-order valence-electron chi connectivity index (χ3n) is 3.07. The first-order valence-corrected chi connectivity index (χ1v) is 6.36. The molecule has 3 atom stereocenters. The molecule has 1 rings (SSSR count). The van der Waals surface area contributed by atoms with Crippen LogP contribution in [0.1, 0.15) is 40.5 Å². The van der Waals surface area contributed by atoms with E-state index in [0.29, 0.717) is 6.61 Å². The molecule has 4 nitrogen and oxygen atoms in total. The minimum Gasteiger partial charge on any atom is -0.394 e. The Morgan fingerprint density at radius 1 is 1.53 bits per heavy atom. The molecule has 1 amide bonds. The fraction of sp³-hybridized carbons (Fsp3) is 0.923. The highest BCUT2D eigenvalue weighted by Gasteiger charge is 2.32. The number of ether oxygens (including phenoxy) is 1. The second-order valence-electron chi connectivity index (χ2n) is 6.21. The Bertz CT molecular complexity index is 260. The van der Waals surface area contributed by atoms with Crippen LogP contribution in [0.4, 0.5) is 0 Å². The summed E-state index contributed by atoms with van der Waals surface area (Å²) in [5.74, 6) is 0.183. The first kappa shape index (κ1) is 14.5. The van der Waals surface area contributed by atoms with Gasteiger partial charge in [0, 0.05) is 6.61 Å². The molecule has 0 bridgehead atoms. The molecule has 1 heterocycles. The molecule has 3 unspecified atom stereocenters. The SMILES string of the molecule is CC1CCOC1C(=O)NC(CO)CC(C)(C)C. The third-order valence-corrected chi connectivity index (χ3v) is 3.07. The van der Waals surface area contributed by atoms with E-state index in [0.717, 1.165) is 12.8 Å². The molecular formula is C13H25NO3. The Balaban J connectivity index is 2.47. The van der Waals surface area contributed by atoms with E-state index < -0.39 is 0 Å². The summed E-state index contributed by atoms with van der Waals surface area (Å²) in [6.07, 6.45) is 1.35. The summed E-state index contributed by atoms with van der Waals surface area (Å²) in [4.78, 5) is 12.0. The zero-order valence-corrected chi connectivity index (χ0v) is 11.3. The van der Waals surface area contributed by atoms with Gasteiger partial charge in [0.1, 0.15) is 6.10 Å². The van der Waals surface area contributed by atoms with Crippen LogP contribution >= 0.6 is 0 Å². The molecule has 1 aliphatic rings. The third kappa shape index (κ3) is 4.64. The van der Waals surface area contributed by atoms with Crippen molar-refractivity contribution >= 4 is 5.91 Å². The zero-order valence-electron chi connectivity index (χ0n) is 11.3. The van der Waals surface area contributed by atoms with Crippen LogP contribution in [0.5, 0.6) is 0 Å². The van der Waals surface area contributed by atoms with Crippen LogP contribution in [0.3, 0.4) is 0 Å². The molecule has 0 aliphatic carbocycles. The molecule has 2 N–H and O–H groups in total. The number of nitrogens with one attached hydrogen (secondary N) is 1. The van der Waals surface area contributed by atoms with E-state index >= 15 is 0 Å². The van der Waals surface area contributed by atoms with Gasteiger partial charge in [0.05, 0.1) is 12.6 Å². The number of hydrogen-bond acceptors (Lipinski definition) is 3. The van der Waals surface area contributed by atoms with Crippen LogP contribution in [0.15, 0.2) is 0 Å². The zero-order chi connectivity index (χ0) is 13.1. The molecule has 0 saturated carbocycles. The molecule has 1 aliphatic heterocycles. The number of hydrogen-bond donors (Lipinski definition) is 2. The van der Waals surface area contributed by atoms with Gasteiger partial charge in [-0.3, -0.25) is 4.79 Å². The topological polar surface area (TPSA) is 58.6 Å². The van der Waals surface area contributed by atoms with Gasteiger partial charge in [0.15, 0.2) is 0 Å². The molecule has 0 spiro atoms. The predicted molar refractivity (Wildman–Crippen MR) is 66.6 cm³/mol. The lowest BCUT2D eigenvalue weighted by atomic mass is 9.88. The van der Waals surface area contributed by atoms with E-state index in [1.54, 1.807) is 0 Å². The highest BCUT2D eigenvalue weighted by molar-refractivity contribution is 5.81. The van der Waals surface area contributed by atoms with E-state index in [9.17, 15) is 9.90 Å². The van der Waals surface area contributed by atoms with E-state index in [1.807, 2.05) is 6.92 Å². The van der Waals surface area contributed by atoms with Gasteiger partial charge in [0.2, 0.25) is 5.91 Å². The Morgan fingerprint density at radius 2 is 2.18 bits per heavy atom. The van der Waals surface area contributed by atoms with E-state index in [1.165, 1.54) is 0 Å². The lowest BCUT2D eigenvalue weighted by Crippen LogP contribution is -2.46. The van der Waals surface area contributed by atoms with Crippen LogP contribution in [0.2, 0.25) is 0 Å². The van der Waals surface area contributed by atoms with Crippen molar-refractivity contribution in [1.82, 2.24) is 5.32 Å². The summed E-state index contributed by atoms with van der Waals surface area (Å²) >= 11 is 0. The van der Waals surface area contributed by atoms with E-state index in [4.69, 9.17) is 4.74 Å². The minimum absolute atomic E-state index is 0.0237. The average Bonchev–Trinajstić information content (AvgIpc) is 2.61. The van der Waals surface area contributed by atoms with Gasteiger partial charge >= 0.3 is 0 Å². The van der Waals surface area contributed by atoms with Crippen molar-refractivity contribution in [2.75, 3.05) is 13.2 Å². The first-order valence-electron chi connectivity index (χ1n) is 6.36. The van der Waals surface area contributed by atoms with Gasteiger partial charge in [-0.1, -0.05) is 27.7 Å². The van der Waals surface area contributed by atoms with Crippen molar-refractivity contribution in [3.63, 3.8) is 0 Å². The molecular weight excluding hydrogens is 218 g/mol. The maximum absolute atomic E-state index is 12.0. The van der Waals surface area contributed by atoms with Crippen LogP contribution in [-0.2, 0) is 9.53 Å². The summed E-state index contributed by atoms with van der Waals surface area (Å²) in [5, 5.41) is 12.2. The largest absolute Gasteiger partial charge is 0.394 e. The number of amides is 1. The molecule has 0 aromatic heterocycles. The van der Waals surface area contributed by atoms with Crippen molar-refractivity contribution in [2.45, 2.75) is 52.7 Å². The van der Waals surface area contributed by atoms with Crippen LogP contribution < -0.4 is 5.32 Å². The van der Waals surface area contributed by atoms with E-state index in [2.05, 4.69) is 26.1 Å². The summed E-state index contributed by atoms with van der Waals surface area (Å²) in [5.41, 5.74) is 0.0861. The summed E-state index contributed by atoms with van der Waals surface area (Å²) in [7, 11) is 0. The van der Waals surface area contributed by atoms with Crippen LogP contribution in [0.25, 0.3) is 0 Å². The molecule has 0 aromatic carbocycles. The molecule has 17 heavy (non-hydrogen) atoms. The van der Waals surface area contributed by atoms with Gasteiger partial charge in [-0.2, -0.15) is 0 Å². The molecule has 1 saturated heterocycles. The molecule has 4 heteroatoms. The van der Waals surface area contributed by atoms with E-state index in [-0.39, 0.29) is 36.0 Å². The van der Waals surface area contributed by atoms with Gasteiger partial charge in [0.25, 0.3) is 0 Å². The highest BCUT2D eigenvalue weighted by atomic mass is 16.5. The number of aliphatic hydroxyl groups excluding tert-OH is 1. The van der Waals surface area contributed by atoms with Crippen LogP contribution in [-0.4, -0.2) is 36.4 Å². The van der Waals surface area contributed by atoms with Gasteiger partial charge in [-0.25, -0.2) is 0 Å². The predicted octanol–water partition coefficient (Wildman–Crippen LogP) is 1.32. The Labute approximate surface area is 104 Å². The number of aliphatic hydroxyl groups is 1. The molecule has 0 radical (unpaired) electrons. The Morgan fingerprint density at radius 3 is 2.59 bits per heavy atom. The highest BCUT2D eigenvalue weighted by Crippen LogP contribution is 2.23. The fourth-order valence-electron chi connectivity index (χ4n) is 2.21. The first-order chi connectivity index (χ1) is 7.83. The average molecular weight is 243 g/mol. The lowest BCUT2D eigenvalue weighted by molar-refractivity contribution is -0.132. The number of carbonyl (C=O) groups is 1. The Hall–Kier alpha value is -0.610. The standard InChI is InChI=1S/C13H25NO3/c1-9-5-6-17-11(9)12(16)14-10(8-15)7-13(2,3)4/h9-11,15H,5-8H2,1-4H3,(H,14,16). The number of carbonyl (C=O) groups excluding carboxylic acids is 1. The number of rotatable bonds is 4. The van der Waals surface area contributed by atoms with Crippen molar-refractivity contribution in [1.29, 1.82) is 0 Å². The quantitative estimate of drug-likeness (QED) is 0.783. The van der Waals surface area contributed by atoms with Crippen molar-refractivity contribution in [2.24, 2.45) is 11.3 Å². The molecule has 100 valence electrons. The second-order valence-corrected chi connectivity index (χ2v) is 6.21. The van der Waals surface area contributed by atoms with Crippen LogP contribution in [0, 0.1) is 11.3 Å². The summed E-state index contributed by atoms with van der Waals surface area (Å²) < 4.78 is 5.41. The monoisotopic (exact) mass is 243 g/mol. The fourth-order valence-corrected chi connectivity index (χ4v) is 2.21. The molecule has 1 fully saturated rings. The second kappa shape index (κ2) is 5.83. The lowest BCUT2D eigenvalue weighted by Gasteiger charge is -2.26. The van der Waals surface area contributed by atoms with Gasteiger partial charge < -0.3 is 15.2 Å². The maximum Gasteiger partial charge on any atom is 0.249 e. The smallest absolute Gasteiger partial charge is 0.249 e. The minimum atomic E-state index is -0.344. The van der Waals surface area contributed by atoms with Crippen molar-refractivity contribution in [3.05, 3.63) is 0 Å². The summed E-state index contributed by atoms with van der Waals surface area (Å²) in [6.45, 7) is 8.94. The summed E-state index contributed by atoms with van der Waals surface area (Å²) in [6, 6.07) is -0.182. The molecule has 0 aromatic rings. The maximum atomic E-state index is 12.0. The van der Waals surface area contributed by atoms with Gasteiger partial charge in [-0.15, -0.1) is 0 Å². The Kier molecular flexibility index (Phi) is 4.95. The normalized spacial score (nSPS) is 26.9. The van der Waals surface area contributed by atoms with Gasteiger partial charge in [-0.05, 0) is 24.2 Å². The van der Waals surface area contributed by atoms with Crippen molar-refractivity contribution < 1.29 is 14.6 Å². The van der Waals surface area contributed by atoms with Crippen molar-refractivity contribution in [3.8, 4) is 0 Å².